The first-order valence-electron chi connectivity index (χ1n) is 8.33. The van der Waals surface area contributed by atoms with E-state index in [1.807, 2.05) is 37.3 Å². The minimum atomic E-state index is -1.02. The van der Waals surface area contributed by atoms with Gasteiger partial charge >= 0.3 is 5.97 Å². The first-order valence-corrected chi connectivity index (χ1v) is 8.33. The third-order valence-corrected chi connectivity index (χ3v) is 4.78. The number of anilines is 1. The van der Waals surface area contributed by atoms with E-state index in [-0.39, 0.29) is 12.5 Å². The van der Waals surface area contributed by atoms with Crippen LogP contribution in [0.15, 0.2) is 48.5 Å². The molecule has 0 atom stereocenters. The Morgan fingerprint density at radius 1 is 1.16 bits per heavy atom. The molecule has 0 bridgehead atoms. The van der Waals surface area contributed by atoms with Gasteiger partial charge in [-0.1, -0.05) is 36.8 Å². The predicted octanol–water partition coefficient (Wildman–Crippen LogP) is 3.52. The van der Waals surface area contributed by atoms with Crippen LogP contribution in [0.1, 0.15) is 30.4 Å². The van der Waals surface area contributed by atoms with Crippen LogP contribution in [0.5, 0.6) is 5.75 Å². The zero-order valence-electron chi connectivity index (χ0n) is 14.1. The van der Waals surface area contributed by atoms with Crippen LogP contribution >= 0.6 is 0 Å². The highest BCUT2D eigenvalue weighted by atomic mass is 16.5. The molecule has 1 fully saturated rings. The van der Waals surface area contributed by atoms with Crippen molar-refractivity contribution < 1.29 is 19.4 Å². The Balaban J connectivity index is 1.75. The number of ether oxygens (including phenoxy) is 1. The smallest absolute Gasteiger partial charge is 0.341 e. The number of carbonyl (C=O) groups excluding carboxylic acids is 1. The molecule has 130 valence electrons. The summed E-state index contributed by atoms with van der Waals surface area (Å²) in [5, 5.41) is 11.7. The number of benzene rings is 2. The van der Waals surface area contributed by atoms with E-state index >= 15 is 0 Å². The first kappa shape index (κ1) is 17.0. The maximum absolute atomic E-state index is 12.9. The van der Waals surface area contributed by atoms with Crippen molar-refractivity contribution in [1.29, 1.82) is 0 Å². The molecule has 1 amide bonds. The number of aliphatic carboxylic acids is 1. The van der Waals surface area contributed by atoms with Crippen LogP contribution in [0.3, 0.4) is 0 Å². The van der Waals surface area contributed by atoms with E-state index in [1.54, 1.807) is 18.2 Å². The van der Waals surface area contributed by atoms with Gasteiger partial charge in [-0.05, 0) is 49.1 Å². The number of carboxylic acids is 1. The molecule has 0 aliphatic heterocycles. The second-order valence-corrected chi connectivity index (χ2v) is 6.41. The minimum absolute atomic E-state index is 0.00672. The summed E-state index contributed by atoms with van der Waals surface area (Å²) in [6, 6.07) is 15.0. The zero-order chi connectivity index (χ0) is 17.9. The third kappa shape index (κ3) is 3.50. The van der Waals surface area contributed by atoms with Crippen molar-refractivity contribution in [3.8, 4) is 5.75 Å². The van der Waals surface area contributed by atoms with E-state index in [1.165, 1.54) is 0 Å². The maximum atomic E-state index is 12.9. The van der Waals surface area contributed by atoms with Crippen LogP contribution in [0.2, 0.25) is 0 Å². The second kappa shape index (κ2) is 6.97. The summed E-state index contributed by atoms with van der Waals surface area (Å²) in [5.74, 6) is -0.545. The molecule has 1 saturated carbocycles. The van der Waals surface area contributed by atoms with E-state index in [9.17, 15) is 9.59 Å². The Morgan fingerprint density at radius 2 is 1.88 bits per heavy atom. The highest BCUT2D eigenvalue weighted by Gasteiger charge is 2.45. The van der Waals surface area contributed by atoms with Crippen molar-refractivity contribution >= 4 is 17.6 Å². The Morgan fingerprint density at radius 3 is 2.44 bits per heavy atom. The summed E-state index contributed by atoms with van der Waals surface area (Å²) in [6.07, 6.45) is 2.74. The van der Waals surface area contributed by atoms with Crippen LogP contribution in [0.4, 0.5) is 5.69 Å². The molecule has 0 saturated heterocycles. The molecule has 2 N–H and O–H groups in total. The van der Waals surface area contributed by atoms with E-state index in [2.05, 4.69) is 5.32 Å². The quantitative estimate of drug-likeness (QED) is 0.844. The van der Waals surface area contributed by atoms with E-state index in [4.69, 9.17) is 9.84 Å². The summed E-state index contributed by atoms with van der Waals surface area (Å²) in [7, 11) is 0. The van der Waals surface area contributed by atoms with Crippen molar-refractivity contribution in [3.63, 3.8) is 0 Å². The molecule has 0 heterocycles. The molecule has 1 aliphatic rings. The van der Waals surface area contributed by atoms with Crippen LogP contribution in [-0.2, 0) is 15.0 Å². The highest BCUT2D eigenvalue weighted by Crippen LogP contribution is 2.44. The number of amides is 1. The fourth-order valence-corrected chi connectivity index (χ4v) is 3.19. The van der Waals surface area contributed by atoms with Crippen molar-refractivity contribution in [1.82, 2.24) is 0 Å². The molecule has 0 aromatic heterocycles. The van der Waals surface area contributed by atoms with Crippen molar-refractivity contribution in [2.75, 3.05) is 11.9 Å². The molecule has 3 rings (SSSR count). The van der Waals surface area contributed by atoms with Gasteiger partial charge < -0.3 is 15.2 Å². The van der Waals surface area contributed by atoms with Gasteiger partial charge in [0.15, 0.2) is 6.61 Å². The molecule has 2 aromatic carbocycles. The van der Waals surface area contributed by atoms with E-state index in [0.717, 1.165) is 36.1 Å². The van der Waals surface area contributed by atoms with Crippen molar-refractivity contribution in [3.05, 3.63) is 59.7 Å². The van der Waals surface area contributed by atoms with Gasteiger partial charge in [0.05, 0.1) is 5.41 Å². The lowest BCUT2D eigenvalue weighted by atomic mass is 9.64. The number of hydrogen-bond acceptors (Lipinski definition) is 3. The van der Waals surface area contributed by atoms with Gasteiger partial charge in [0, 0.05) is 5.69 Å². The number of hydrogen-bond donors (Lipinski definition) is 2. The fraction of sp³-hybridized carbons (Fsp3) is 0.300. The topological polar surface area (TPSA) is 75.6 Å². The monoisotopic (exact) mass is 339 g/mol. The standard InChI is InChI=1S/C20H21NO4/c1-14-12-16(25-13-18(22)23)8-9-17(14)21-19(24)20(10-5-11-20)15-6-3-2-4-7-15/h2-4,6-9,12H,5,10-11,13H2,1H3,(H,21,24)(H,22,23). The molecule has 2 aromatic rings. The van der Waals surface area contributed by atoms with Crippen LogP contribution in [0, 0.1) is 6.92 Å². The summed E-state index contributed by atoms with van der Waals surface area (Å²) in [6.45, 7) is 1.47. The van der Waals surface area contributed by atoms with Crippen LogP contribution in [-0.4, -0.2) is 23.6 Å². The Bertz CT molecular complexity index is 782. The average molecular weight is 339 g/mol. The summed E-state index contributed by atoms with van der Waals surface area (Å²) >= 11 is 0. The SMILES string of the molecule is Cc1cc(OCC(=O)O)ccc1NC(=O)C1(c2ccccc2)CCC1. The van der Waals surface area contributed by atoms with Gasteiger partial charge in [-0.2, -0.15) is 0 Å². The van der Waals surface area contributed by atoms with Crippen LogP contribution < -0.4 is 10.1 Å². The van der Waals surface area contributed by atoms with Gasteiger partial charge in [-0.3, -0.25) is 4.79 Å². The number of rotatable bonds is 6. The largest absolute Gasteiger partial charge is 0.482 e. The minimum Gasteiger partial charge on any atom is -0.482 e. The Labute approximate surface area is 146 Å². The molecule has 1 aliphatic carbocycles. The predicted molar refractivity (Wildman–Crippen MR) is 94.9 cm³/mol. The zero-order valence-corrected chi connectivity index (χ0v) is 14.1. The summed E-state index contributed by atoms with van der Waals surface area (Å²) in [4.78, 5) is 23.5. The van der Waals surface area contributed by atoms with Crippen LogP contribution in [0.25, 0.3) is 0 Å². The van der Waals surface area contributed by atoms with Crippen molar-refractivity contribution in [2.45, 2.75) is 31.6 Å². The summed E-state index contributed by atoms with van der Waals surface area (Å²) in [5.41, 5.74) is 2.15. The van der Waals surface area contributed by atoms with Gasteiger partial charge in [-0.25, -0.2) is 4.79 Å². The van der Waals surface area contributed by atoms with Gasteiger partial charge in [0.25, 0.3) is 0 Å². The lowest BCUT2D eigenvalue weighted by molar-refractivity contribution is -0.139. The Kier molecular flexibility index (Phi) is 4.74. The molecule has 0 unspecified atom stereocenters. The van der Waals surface area contributed by atoms with Gasteiger partial charge in [0.2, 0.25) is 5.91 Å². The molecular weight excluding hydrogens is 318 g/mol. The average Bonchev–Trinajstić information content (AvgIpc) is 2.55. The second-order valence-electron chi connectivity index (χ2n) is 6.41. The maximum Gasteiger partial charge on any atom is 0.341 e. The van der Waals surface area contributed by atoms with Gasteiger partial charge in [0.1, 0.15) is 5.75 Å². The number of carboxylic acid groups (broad SMARTS) is 1. The summed E-state index contributed by atoms with van der Waals surface area (Å²) < 4.78 is 5.16. The molecule has 25 heavy (non-hydrogen) atoms. The number of aryl methyl sites for hydroxylation is 1. The third-order valence-electron chi connectivity index (χ3n) is 4.78. The molecule has 5 nitrogen and oxygen atoms in total. The van der Waals surface area contributed by atoms with E-state index < -0.39 is 11.4 Å². The highest BCUT2D eigenvalue weighted by molar-refractivity contribution is 6.00. The van der Waals surface area contributed by atoms with Gasteiger partial charge in [-0.15, -0.1) is 0 Å². The first-order chi connectivity index (χ1) is 12.0. The molecular formula is C20H21NO4. The van der Waals surface area contributed by atoms with Crippen molar-refractivity contribution in [2.24, 2.45) is 0 Å². The normalized spacial score (nSPS) is 15.1. The Hall–Kier alpha value is -2.82. The van der Waals surface area contributed by atoms with E-state index in [0.29, 0.717) is 5.75 Å². The molecule has 0 radical (unpaired) electrons. The molecule has 0 spiro atoms. The fourth-order valence-electron chi connectivity index (χ4n) is 3.19. The molecule has 5 heteroatoms. The number of nitrogens with one attached hydrogen (secondary N) is 1. The lowest BCUT2D eigenvalue weighted by Gasteiger charge is -2.40. The lowest BCUT2D eigenvalue weighted by Crippen LogP contribution is -2.46. The number of carbonyl (C=O) groups is 2.